The molecule has 2 atom stereocenters. The van der Waals surface area contributed by atoms with Crippen molar-refractivity contribution in [3.63, 3.8) is 0 Å². The number of unbranched alkanes of at least 4 members (excludes halogenated alkanes) is 1. The van der Waals surface area contributed by atoms with Gasteiger partial charge in [0.1, 0.15) is 11.7 Å². The van der Waals surface area contributed by atoms with Gasteiger partial charge < -0.3 is 9.88 Å². The molecule has 0 spiro atoms. The number of carbonyl (C=O) groups excluding carboxylic acids is 1. The van der Waals surface area contributed by atoms with Crippen molar-refractivity contribution in [1.82, 2.24) is 30.0 Å². The molecule has 0 radical (unpaired) electrons. The molecular formula is C21H24N6O. The van der Waals surface area contributed by atoms with Gasteiger partial charge in [-0.1, -0.05) is 13.3 Å². The molecule has 0 unspecified atom stereocenters. The molecule has 28 heavy (non-hydrogen) atoms. The van der Waals surface area contributed by atoms with Gasteiger partial charge in [0.15, 0.2) is 0 Å². The number of aromatic amines is 1. The third kappa shape index (κ3) is 3.06. The fourth-order valence-corrected chi connectivity index (χ4v) is 3.98. The minimum absolute atomic E-state index is 0.200. The predicted molar refractivity (Wildman–Crippen MR) is 107 cm³/mol. The quantitative estimate of drug-likeness (QED) is 0.528. The number of amides is 1. The van der Waals surface area contributed by atoms with Crippen LogP contribution in [0.2, 0.25) is 0 Å². The average Bonchev–Trinajstić information content (AvgIpc) is 3.30. The Bertz CT molecular complexity index is 1040. The van der Waals surface area contributed by atoms with Gasteiger partial charge >= 0.3 is 0 Å². The van der Waals surface area contributed by atoms with Crippen LogP contribution in [0.3, 0.4) is 0 Å². The number of fused-ring (bicyclic) bond motifs is 3. The second-order valence-electron chi connectivity index (χ2n) is 7.12. The SMILES string of the molecule is C#CC(=O)N1[C@@H](c2ccn(C)n2)c2[nH]c3ncccc3c2C[C@@H]1NCCCC. The Morgan fingerprint density at radius 2 is 2.32 bits per heavy atom. The molecule has 0 fully saturated rings. The highest BCUT2D eigenvalue weighted by Crippen LogP contribution is 2.39. The van der Waals surface area contributed by atoms with Crippen LogP contribution in [0, 0.1) is 12.3 Å². The number of aryl methyl sites for hydroxylation is 1. The zero-order valence-corrected chi connectivity index (χ0v) is 16.1. The van der Waals surface area contributed by atoms with Gasteiger partial charge in [-0.25, -0.2) is 4.98 Å². The predicted octanol–water partition coefficient (Wildman–Crippen LogP) is 2.12. The molecule has 7 nitrogen and oxygen atoms in total. The Balaban J connectivity index is 1.87. The first-order chi connectivity index (χ1) is 13.6. The van der Waals surface area contributed by atoms with Crippen molar-refractivity contribution in [2.24, 2.45) is 7.05 Å². The normalized spacial score (nSPS) is 18.8. The van der Waals surface area contributed by atoms with Gasteiger partial charge in [-0.3, -0.25) is 14.8 Å². The molecule has 0 saturated carbocycles. The molecule has 0 saturated heterocycles. The summed E-state index contributed by atoms with van der Waals surface area (Å²) in [5.41, 5.74) is 3.69. The first-order valence-electron chi connectivity index (χ1n) is 9.61. The van der Waals surface area contributed by atoms with E-state index in [1.807, 2.05) is 25.4 Å². The summed E-state index contributed by atoms with van der Waals surface area (Å²) < 4.78 is 1.74. The molecule has 7 heteroatoms. The summed E-state index contributed by atoms with van der Waals surface area (Å²) in [7, 11) is 1.87. The van der Waals surface area contributed by atoms with E-state index in [1.54, 1.807) is 15.8 Å². The third-order valence-electron chi connectivity index (χ3n) is 5.28. The number of H-pyrrole nitrogens is 1. The molecule has 3 aromatic heterocycles. The average molecular weight is 376 g/mol. The van der Waals surface area contributed by atoms with E-state index in [0.29, 0.717) is 6.42 Å². The topological polar surface area (TPSA) is 78.8 Å². The van der Waals surface area contributed by atoms with E-state index in [0.717, 1.165) is 47.4 Å². The molecule has 1 amide bonds. The largest absolute Gasteiger partial charge is 0.341 e. The fourth-order valence-electron chi connectivity index (χ4n) is 3.98. The maximum Gasteiger partial charge on any atom is 0.300 e. The van der Waals surface area contributed by atoms with Crippen molar-refractivity contribution in [2.45, 2.75) is 38.4 Å². The van der Waals surface area contributed by atoms with E-state index in [9.17, 15) is 4.79 Å². The van der Waals surface area contributed by atoms with Gasteiger partial charge in [-0.2, -0.15) is 5.10 Å². The number of nitrogens with one attached hydrogen (secondary N) is 2. The Morgan fingerprint density at radius 1 is 1.46 bits per heavy atom. The van der Waals surface area contributed by atoms with Gasteiger partial charge in [0.2, 0.25) is 0 Å². The minimum Gasteiger partial charge on any atom is -0.341 e. The number of aromatic nitrogens is 4. The molecule has 0 aromatic carbocycles. The lowest BCUT2D eigenvalue weighted by molar-refractivity contribution is -0.130. The van der Waals surface area contributed by atoms with Crippen LogP contribution in [0.5, 0.6) is 0 Å². The third-order valence-corrected chi connectivity index (χ3v) is 5.28. The summed E-state index contributed by atoms with van der Waals surface area (Å²) in [5, 5.41) is 9.20. The molecule has 4 rings (SSSR count). The Kier molecular flexibility index (Phi) is 4.88. The van der Waals surface area contributed by atoms with Crippen LogP contribution in [0.1, 0.15) is 42.8 Å². The van der Waals surface area contributed by atoms with Crippen LogP contribution in [0.25, 0.3) is 11.0 Å². The Hall–Kier alpha value is -3.11. The summed E-state index contributed by atoms with van der Waals surface area (Å²) in [4.78, 5) is 22.4. The Labute approximate surface area is 164 Å². The number of carbonyl (C=O) groups is 1. The van der Waals surface area contributed by atoms with Crippen molar-refractivity contribution >= 4 is 16.9 Å². The van der Waals surface area contributed by atoms with Gasteiger partial charge in [0, 0.05) is 36.9 Å². The lowest BCUT2D eigenvalue weighted by Gasteiger charge is -2.40. The summed E-state index contributed by atoms with van der Waals surface area (Å²) >= 11 is 0. The van der Waals surface area contributed by atoms with Crippen molar-refractivity contribution in [3.8, 4) is 12.3 Å². The van der Waals surface area contributed by atoms with Crippen molar-refractivity contribution in [2.75, 3.05) is 6.54 Å². The van der Waals surface area contributed by atoms with Crippen LogP contribution >= 0.6 is 0 Å². The number of hydrogen-bond acceptors (Lipinski definition) is 4. The highest BCUT2D eigenvalue weighted by molar-refractivity contribution is 5.94. The number of hydrogen-bond donors (Lipinski definition) is 2. The molecule has 1 aliphatic heterocycles. The number of pyridine rings is 1. The molecule has 3 aromatic rings. The maximum absolute atomic E-state index is 12.8. The monoisotopic (exact) mass is 376 g/mol. The van der Waals surface area contributed by atoms with Crippen molar-refractivity contribution in [1.29, 1.82) is 0 Å². The fraction of sp³-hybridized carbons (Fsp3) is 0.381. The van der Waals surface area contributed by atoms with Gasteiger partial charge in [-0.15, -0.1) is 6.42 Å². The molecule has 1 aliphatic rings. The van der Waals surface area contributed by atoms with Crippen LogP contribution in [-0.4, -0.2) is 43.3 Å². The van der Waals surface area contributed by atoms with E-state index < -0.39 is 0 Å². The number of terminal acetylenes is 1. The lowest BCUT2D eigenvalue weighted by atomic mass is 9.93. The van der Waals surface area contributed by atoms with Crippen LogP contribution < -0.4 is 5.32 Å². The van der Waals surface area contributed by atoms with Gasteiger partial charge in [-0.05, 0) is 42.6 Å². The second-order valence-corrected chi connectivity index (χ2v) is 7.12. The number of rotatable bonds is 5. The maximum atomic E-state index is 12.8. The van der Waals surface area contributed by atoms with Crippen LogP contribution in [0.15, 0.2) is 30.6 Å². The van der Waals surface area contributed by atoms with E-state index in [-0.39, 0.29) is 18.1 Å². The summed E-state index contributed by atoms with van der Waals surface area (Å²) in [6.45, 7) is 2.97. The van der Waals surface area contributed by atoms with Crippen LogP contribution in [-0.2, 0) is 18.3 Å². The standard InChI is InChI=1S/C21H24N6O/c1-4-6-10-22-17-13-15-14-8-7-11-23-21(14)24-19(15)20(27(17)18(28)5-2)16-9-12-26(3)25-16/h2,7-9,11-12,17,20,22H,4,6,10,13H2,1,3H3,(H,23,24)/t17-,20+/m1/s1. The van der Waals surface area contributed by atoms with Crippen molar-refractivity contribution < 1.29 is 4.79 Å². The highest BCUT2D eigenvalue weighted by atomic mass is 16.2. The molecular weight excluding hydrogens is 352 g/mol. The minimum atomic E-state index is -0.387. The smallest absolute Gasteiger partial charge is 0.300 e. The summed E-state index contributed by atoms with van der Waals surface area (Å²) in [5.74, 6) is 1.96. The molecule has 2 N–H and O–H groups in total. The van der Waals surface area contributed by atoms with Crippen LogP contribution in [0.4, 0.5) is 0 Å². The van der Waals surface area contributed by atoms with Crippen molar-refractivity contribution in [3.05, 3.63) is 47.5 Å². The Morgan fingerprint density at radius 3 is 3.04 bits per heavy atom. The zero-order chi connectivity index (χ0) is 19.7. The first-order valence-corrected chi connectivity index (χ1v) is 9.61. The summed E-state index contributed by atoms with van der Waals surface area (Å²) in [6.07, 6.45) is 11.8. The second kappa shape index (κ2) is 7.49. The first kappa shape index (κ1) is 18.3. The van der Waals surface area contributed by atoms with E-state index >= 15 is 0 Å². The molecule has 0 bridgehead atoms. The molecule has 4 heterocycles. The summed E-state index contributed by atoms with van der Waals surface area (Å²) in [6, 6.07) is 5.54. The lowest BCUT2D eigenvalue weighted by Crippen LogP contribution is -2.54. The van der Waals surface area contributed by atoms with Gasteiger partial charge in [0.25, 0.3) is 5.91 Å². The van der Waals surface area contributed by atoms with E-state index in [4.69, 9.17) is 6.42 Å². The molecule has 144 valence electrons. The molecule has 0 aliphatic carbocycles. The highest BCUT2D eigenvalue weighted by Gasteiger charge is 2.41. The van der Waals surface area contributed by atoms with E-state index in [2.05, 4.69) is 39.3 Å². The van der Waals surface area contributed by atoms with E-state index in [1.165, 1.54) is 0 Å². The van der Waals surface area contributed by atoms with Gasteiger partial charge in [0.05, 0.1) is 11.9 Å². The zero-order valence-electron chi connectivity index (χ0n) is 16.1. The number of nitrogens with zero attached hydrogens (tertiary/aromatic N) is 4.